The second-order valence-corrected chi connectivity index (χ2v) is 4.93. The Bertz CT molecular complexity index is 433. The molecule has 1 fully saturated rings. The molecule has 0 aromatic carbocycles. The topological polar surface area (TPSA) is 82.3 Å². The lowest BCUT2D eigenvalue weighted by Crippen LogP contribution is -2.20. The van der Waals surface area contributed by atoms with E-state index in [4.69, 9.17) is 15.2 Å². The van der Waals surface area contributed by atoms with Crippen LogP contribution in [0, 0.1) is 0 Å². The fourth-order valence-electron chi connectivity index (χ4n) is 2.11. The first kappa shape index (κ1) is 14.8. The van der Waals surface area contributed by atoms with Gasteiger partial charge in [-0.05, 0) is 19.3 Å². The Balaban J connectivity index is 2.08. The molecule has 0 radical (unpaired) electrons. The monoisotopic (exact) mass is 280 g/mol. The molecule has 1 saturated heterocycles. The van der Waals surface area contributed by atoms with Crippen LogP contribution in [-0.2, 0) is 11.2 Å². The van der Waals surface area contributed by atoms with E-state index in [1.54, 1.807) is 0 Å². The highest BCUT2D eigenvalue weighted by atomic mass is 16.5. The van der Waals surface area contributed by atoms with E-state index >= 15 is 0 Å². The number of nitrogens with two attached hydrogens (primary N) is 1. The number of nitrogens with zero attached hydrogens (tertiary/aromatic N) is 2. The highest BCUT2D eigenvalue weighted by molar-refractivity contribution is 5.67. The van der Waals surface area contributed by atoms with Crippen molar-refractivity contribution < 1.29 is 9.47 Å². The van der Waals surface area contributed by atoms with Crippen LogP contribution >= 0.6 is 0 Å². The highest BCUT2D eigenvalue weighted by Crippen LogP contribution is 2.27. The largest absolute Gasteiger partial charge is 0.476 e. The number of nitrogens with one attached hydrogen (secondary N) is 1. The van der Waals surface area contributed by atoms with Gasteiger partial charge in [-0.3, -0.25) is 0 Å². The molecule has 0 amide bonds. The SMILES string of the molecule is CCCOc1nc(CC)nc(NCC2CCCO2)c1N. The molecule has 1 atom stereocenters. The Kier molecular flexibility index (Phi) is 5.40. The van der Waals surface area contributed by atoms with Crippen molar-refractivity contribution in [1.82, 2.24) is 9.97 Å². The number of aromatic nitrogens is 2. The molecule has 1 aromatic heterocycles. The Morgan fingerprint density at radius 3 is 2.90 bits per heavy atom. The predicted molar refractivity (Wildman–Crippen MR) is 79.1 cm³/mol. The van der Waals surface area contributed by atoms with Crippen molar-refractivity contribution in [1.29, 1.82) is 0 Å². The van der Waals surface area contributed by atoms with Crippen LogP contribution < -0.4 is 15.8 Å². The van der Waals surface area contributed by atoms with Gasteiger partial charge in [0.2, 0.25) is 5.88 Å². The molecule has 0 spiro atoms. The molecule has 1 aliphatic rings. The van der Waals surface area contributed by atoms with E-state index in [9.17, 15) is 0 Å². The summed E-state index contributed by atoms with van der Waals surface area (Å²) in [5.41, 5.74) is 6.56. The molecule has 2 rings (SSSR count). The molecule has 112 valence electrons. The van der Waals surface area contributed by atoms with Crippen LogP contribution in [0.15, 0.2) is 0 Å². The van der Waals surface area contributed by atoms with Gasteiger partial charge >= 0.3 is 0 Å². The third kappa shape index (κ3) is 3.72. The fourth-order valence-corrected chi connectivity index (χ4v) is 2.11. The molecular formula is C14H24N4O2. The van der Waals surface area contributed by atoms with E-state index < -0.39 is 0 Å². The van der Waals surface area contributed by atoms with E-state index in [1.807, 2.05) is 6.92 Å². The summed E-state index contributed by atoms with van der Waals surface area (Å²) >= 11 is 0. The lowest BCUT2D eigenvalue weighted by atomic mass is 10.2. The van der Waals surface area contributed by atoms with Gasteiger partial charge in [0.25, 0.3) is 0 Å². The molecule has 6 heteroatoms. The first-order chi connectivity index (χ1) is 9.74. The van der Waals surface area contributed by atoms with Gasteiger partial charge in [0.15, 0.2) is 5.82 Å². The predicted octanol–water partition coefficient (Wildman–Crippen LogP) is 2.00. The minimum Gasteiger partial charge on any atom is -0.476 e. The Morgan fingerprint density at radius 1 is 1.40 bits per heavy atom. The first-order valence-corrected chi connectivity index (χ1v) is 7.39. The van der Waals surface area contributed by atoms with Gasteiger partial charge in [-0.15, -0.1) is 0 Å². The molecule has 1 aromatic rings. The van der Waals surface area contributed by atoms with Gasteiger partial charge in [0.05, 0.1) is 12.7 Å². The standard InChI is InChI=1S/C14H24N4O2/c1-3-7-20-14-12(15)13(17-11(4-2)18-14)16-9-10-6-5-8-19-10/h10H,3-9,15H2,1-2H3,(H,16,17,18). The summed E-state index contributed by atoms with van der Waals surface area (Å²) in [5.74, 6) is 1.87. The normalized spacial score (nSPS) is 18.2. The van der Waals surface area contributed by atoms with Crippen LogP contribution in [0.4, 0.5) is 11.5 Å². The Morgan fingerprint density at radius 2 is 2.25 bits per heavy atom. The van der Waals surface area contributed by atoms with Crippen LogP contribution in [0.2, 0.25) is 0 Å². The van der Waals surface area contributed by atoms with Crippen LogP contribution in [0.3, 0.4) is 0 Å². The summed E-state index contributed by atoms with van der Waals surface area (Å²) in [7, 11) is 0. The van der Waals surface area contributed by atoms with E-state index in [0.29, 0.717) is 24.0 Å². The summed E-state index contributed by atoms with van der Waals surface area (Å²) < 4.78 is 11.2. The van der Waals surface area contributed by atoms with E-state index in [-0.39, 0.29) is 6.10 Å². The molecule has 1 aliphatic heterocycles. The second-order valence-electron chi connectivity index (χ2n) is 4.93. The van der Waals surface area contributed by atoms with E-state index in [2.05, 4.69) is 22.2 Å². The summed E-state index contributed by atoms with van der Waals surface area (Å²) in [6.45, 7) is 6.23. The number of nitrogen functional groups attached to an aromatic ring is 1. The summed E-state index contributed by atoms with van der Waals surface area (Å²) in [6.07, 6.45) is 4.12. The highest BCUT2D eigenvalue weighted by Gasteiger charge is 2.17. The fraction of sp³-hybridized carbons (Fsp3) is 0.714. The molecule has 1 unspecified atom stereocenters. The average Bonchev–Trinajstić information content (AvgIpc) is 2.98. The van der Waals surface area contributed by atoms with E-state index in [0.717, 1.165) is 44.7 Å². The van der Waals surface area contributed by atoms with Gasteiger partial charge in [0, 0.05) is 19.6 Å². The first-order valence-electron chi connectivity index (χ1n) is 7.39. The third-order valence-electron chi connectivity index (χ3n) is 3.24. The zero-order valence-corrected chi connectivity index (χ0v) is 12.3. The minimum absolute atomic E-state index is 0.245. The van der Waals surface area contributed by atoms with Crippen LogP contribution in [0.5, 0.6) is 5.88 Å². The Labute approximate surface area is 120 Å². The molecule has 0 aliphatic carbocycles. The van der Waals surface area contributed by atoms with Crippen molar-refractivity contribution in [3.8, 4) is 5.88 Å². The molecule has 20 heavy (non-hydrogen) atoms. The summed E-state index contributed by atoms with van der Waals surface area (Å²) in [6, 6.07) is 0. The molecule has 3 N–H and O–H groups in total. The average molecular weight is 280 g/mol. The van der Waals surface area contributed by atoms with Gasteiger partial charge in [0.1, 0.15) is 11.5 Å². The van der Waals surface area contributed by atoms with Crippen LogP contribution in [0.25, 0.3) is 0 Å². The van der Waals surface area contributed by atoms with E-state index in [1.165, 1.54) is 0 Å². The zero-order valence-electron chi connectivity index (χ0n) is 12.3. The molecule has 0 saturated carbocycles. The number of hydrogen-bond donors (Lipinski definition) is 2. The van der Waals surface area contributed by atoms with Crippen molar-refractivity contribution in [3.63, 3.8) is 0 Å². The van der Waals surface area contributed by atoms with Crippen LogP contribution in [-0.4, -0.2) is 35.8 Å². The maximum atomic E-state index is 6.08. The summed E-state index contributed by atoms with van der Waals surface area (Å²) in [4.78, 5) is 8.78. The maximum absolute atomic E-state index is 6.08. The molecule has 0 bridgehead atoms. The van der Waals surface area contributed by atoms with Gasteiger partial charge in [-0.1, -0.05) is 13.8 Å². The summed E-state index contributed by atoms with van der Waals surface area (Å²) in [5, 5.41) is 3.27. The Hall–Kier alpha value is -1.56. The van der Waals surface area contributed by atoms with Gasteiger partial charge < -0.3 is 20.5 Å². The quantitative estimate of drug-likeness (QED) is 0.795. The number of hydrogen-bond acceptors (Lipinski definition) is 6. The van der Waals surface area contributed by atoms with Crippen molar-refractivity contribution in [2.24, 2.45) is 0 Å². The van der Waals surface area contributed by atoms with Crippen molar-refractivity contribution >= 4 is 11.5 Å². The lowest BCUT2D eigenvalue weighted by molar-refractivity contribution is 0.120. The van der Waals surface area contributed by atoms with Crippen molar-refractivity contribution in [3.05, 3.63) is 5.82 Å². The molecular weight excluding hydrogens is 256 g/mol. The number of rotatable bonds is 7. The smallest absolute Gasteiger partial charge is 0.242 e. The van der Waals surface area contributed by atoms with Gasteiger partial charge in [-0.25, -0.2) is 4.98 Å². The van der Waals surface area contributed by atoms with Crippen molar-refractivity contribution in [2.75, 3.05) is 30.8 Å². The van der Waals surface area contributed by atoms with Crippen molar-refractivity contribution in [2.45, 2.75) is 45.6 Å². The van der Waals surface area contributed by atoms with Gasteiger partial charge in [-0.2, -0.15) is 4.98 Å². The number of anilines is 2. The lowest BCUT2D eigenvalue weighted by Gasteiger charge is -2.15. The maximum Gasteiger partial charge on any atom is 0.242 e. The number of aryl methyl sites for hydroxylation is 1. The number of ether oxygens (including phenoxy) is 2. The second kappa shape index (κ2) is 7.28. The molecule has 2 heterocycles. The van der Waals surface area contributed by atoms with Crippen LogP contribution in [0.1, 0.15) is 38.9 Å². The third-order valence-corrected chi connectivity index (χ3v) is 3.24. The minimum atomic E-state index is 0.245. The zero-order chi connectivity index (χ0) is 14.4. The molecule has 6 nitrogen and oxygen atoms in total.